The van der Waals surface area contributed by atoms with Crippen LogP contribution in [-0.2, 0) is 11.3 Å². The fraction of sp³-hybridized carbons (Fsp3) is 0.0952. The molecule has 3 N–H and O–H groups in total. The van der Waals surface area contributed by atoms with E-state index in [1.54, 1.807) is 24.4 Å². The number of carbonyl (C=O) groups excluding carboxylic acids is 1. The van der Waals surface area contributed by atoms with Crippen molar-refractivity contribution in [1.82, 2.24) is 9.55 Å². The number of aromatic hydroxyl groups is 1. The van der Waals surface area contributed by atoms with Crippen molar-refractivity contribution >= 4 is 35.1 Å². The highest BCUT2D eigenvalue weighted by Crippen LogP contribution is 2.32. The van der Waals surface area contributed by atoms with Crippen molar-refractivity contribution < 1.29 is 9.90 Å². The highest BCUT2D eigenvalue weighted by Gasteiger charge is 2.17. The van der Waals surface area contributed by atoms with Gasteiger partial charge in [-0.1, -0.05) is 35.9 Å². The molecular formula is C21H18N4O3. The lowest BCUT2D eigenvalue weighted by Gasteiger charge is -2.06. The average molecular weight is 374 g/mol. The van der Waals surface area contributed by atoms with E-state index >= 15 is 0 Å². The maximum Gasteiger partial charge on any atom is 0.329 e. The highest BCUT2D eigenvalue weighted by atomic mass is 16.3. The van der Waals surface area contributed by atoms with Gasteiger partial charge in [0.05, 0.1) is 5.69 Å². The number of aromatic amines is 1. The number of nitrogens with one attached hydrogen (secondary N) is 2. The quantitative estimate of drug-likeness (QED) is 0.654. The molecule has 0 unspecified atom stereocenters. The molecule has 0 radical (unpaired) electrons. The number of benzene rings is 2. The molecule has 7 heteroatoms. The lowest BCUT2D eigenvalue weighted by molar-refractivity contribution is -0.116. The number of allylic oxidation sites excluding steroid dienone is 1. The third kappa shape index (κ3) is 3.37. The van der Waals surface area contributed by atoms with Crippen LogP contribution in [0.5, 0.6) is 5.88 Å². The zero-order valence-corrected chi connectivity index (χ0v) is 15.1. The molecule has 0 bridgehead atoms. The number of rotatable bonds is 4. The minimum absolute atomic E-state index is 0.228. The Labute approximate surface area is 160 Å². The van der Waals surface area contributed by atoms with Gasteiger partial charge >= 0.3 is 5.69 Å². The summed E-state index contributed by atoms with van der Waals surface area (Å²) in [5, 5.41) is 13.1. The Morgan fingerprint density at radius 3 is 2.75 bits per heavy atom. The molecule has 28 heavy (non-hydrogen) atoms. The largest absolute Gasteiger partial charge is 0.493 e. The van der Waals surface area contributed by atoms with E-state index in [4.69, 9.17) is 0 Å². The van der Waals surface area contributed by atoms with E-state index in [9.17, 15) is 14.7 Å². The lowest BCUT2D eigenvalue weighted by atomic mass is 10.1. The summed E-state index contributed by atoms with van der Waals surface area (Å²) in [7, 11) is 0. The summed E-state index contributed by atoms with van der Waals surface area (Å²) >= 11 is 0. The molecular weight excluding hydrogens is 356 g/mol. The van der Waals surface area contributed by atoms with Gasteiger partial charge in [0, 0.05) is 23.0 Å². The van der Waals surface area contributed by atoms with E-state index in [1.165, 1.54) is 0 Å². The minimum atomic E-state index is -0.563. The van der Waals surface area contributed by atoms with Crippen LogP contribution in [0.15, 0.2) is 58.3 Å². The summed E-state index contributed by atoms with van der Waals surface area (Å²) in [6.45, 7) is 1.65. The number of fused-ring (bicyclic) bond motifs is 1. The minimum Gasteiger partial charge on any atom is -0.493 e. The first-order chi connectivity index (χ1) is 13.5. The van der Waals surface area contributed by atoms with E-state index in [-0.39, 0.29) is 18.1 Å². The topological polar surface area (TPSA) is 99.5 Å². The standard InChI is InChI=1S/C21H18N4O3/c1-13-6-8-15(9-7-13)23-19(26)12-25-20(27)18(24-21(25)28)10-14-11-22-17-5-3-2-4-16(14)17/h2-11,27H,12H2,1H3,(H,23,26)(H,24,28)/b14-10-. The number of hydrogen-bond acceptors (Lipinski definition) is 4. The Bertz CT molecular complexity index is 1170. The third-order valence-electron chi connectivity index (χ3n) is 4.48. The first kappa shape index (κ1) is 17.5. The number of nitrogens with zero attached hydrogens (tertiary/aromatic N) is 2. The molecule has 0 atom stereocenters. The highest BCUT2D eigenvalue weighted by molar-refractivity contribution is 6.21. The van der Waals surface area contributed by atoms with Crippen LogP contribution in [0.25, 0.3) is 11.6 Å². The molecule has 0 fully saturated rings. The van der Waals surface area contributed by atoms with Crippen LogP contribution in [0.3, 0.4) is 0 Å². The maximum absolute atomic E-state index is 12.3. The number of amides is 1. The summed E-state index contributed by atoms with van der Waals surface area (Å²) in [5.74, 6) is -0.707. The molecule has 1 amide bonds. The van der Waals surface area contributed by atoms with Gasteiger partial charge < -0.3 is 15.4 Å². The number of para-hydroxylation sites is 1. The number of aromatic nitrogens is 2. The Balaban J connectivity index is 1.56. The van der Waals surface area contributed by atoms with Gasteiger partial charge in [-0.3, -0.25) is 14.4 Å². The second kappa shape index (κ2) is 7.03. The van der Waals surface area contributed by atoms with Crippen LogP contribution in [0, 0.1) is 6.92 Å². The SMILES string of the molecule is Cc1ccc(NC(=O)Cn2c(O)c(/C=C3/C=Nc4ccccc43)[nH]c2=O)cc1. The Morgan fingerprint density at radius 1 is 1.21 bits per heavy atom. The zero-order valence-electron chi connectivity index (χ0n) is 15.1. The second-order valence-corrected chi connectivity index (χ2v) is 6.54. The monoisotopic (exact) mass is 374 g/mol. The summed E-state index contributed by atoms with van der Waals surface area (Å²) in [6.07, 6.45) is 3.31. The molecule has 140 valence electrons. The summed E-state index contributed by atoms with van der Waals surface area (Å²) < 4.78 is 0.994. The zero-order chi connectivity index (χ0) is 19.7. The van der Waals surface area contributed by atoms with Crippen molar-refractivity contribution in [2.45, 2.75) is 13.5 Å². The molecule has 3 aromatic rings. The predicted octanol–water partition coefficient (Wildman–Crippen LogP) is 3.09. The molecule has 0 aliphatic carbocycles. The Hall–Kier alpha value is -3.87. The van der Waals surface area contributed by atoms with Gasteiger partial charge in [0.1, 0.15) is 12.2 Å². The second-order valence-electron chi connectivity index (χ2n) is 6.54. The van der Waals surface area contributed by atoms with Crippen LogP contribution in [-0.4, -0.2) is 26.8 Å². The van der Waals surface area contributed by atoms with Crippen molar-refractivity contribution in [2.75, 3.05) is 5.32 Å². The number of aliphatic imine (C=N–C) groups is 1. The van der Waals surface area contributed by atoms with Gasteiger partial charge in [0.15, 0.2) is 0 Å². The molecule has 2 aromatic carbocycles. The molecule has 0 spiro atoms. The maximum atomic E-state index is 12.3. The Morgan fingerprint density at radius 2 is 1.96 bits per heavy atom. The van der Waals surface area contributed by atoms with Crippen molar-refractivity contribution in [3.8, 4) is 5.88 Å². The van der Waals surface area contributed by atoms with Gasteiger partial charge in [-0.2, -0.15) is 0 Å². The molecule has 0 saturated carbocycles. The fourth-order valence-corrected chi connectivity index (χ4v) is 3.02. The molecule has 0 saturated heterocycles. The van der Waals surface area contributed by atoms with E-state index < -0.39 is 11.6 Å². The molecule has 4 rings (SSSR count). The number of aryl methyl sites for hydroxylation is 1. The van der Waals surface area contributed by atoms with Crippen LogP contribution in [0.1, 0.15) is 16.8 Å². The van der Waals surface area contributed by atoms with Crippen molar-refractivity contribution in [1.29, 1.82) is 0 Å². The molecule has 1 aromatic heterocycles. The van der Waals surface area contributed by atoms with Crippen LogP contribution in [0.2, 0.25) is 0 Å². The molecule has 7 nitrogen and oxygen atoms in total. The van der Waals surface area contributed by atoms with Gasteiger partial charge in [-0.25, -0.2) is 4.79 Å². The van der Waals surface area contributed by atoms with E-state index in [2.05, 4.69) is 15.3 Å². The first-order valence-electron chi connectivity index (χ1n) is 8.75. The summed E-state index contributed by atoms with van der Waals surface area (Å²) in [6, 6.07) is 14.9. The van der Waals surface area contributed by atoms with Crippen LogP contribution < -0.4 is 11.0 Å². The van der Waals surface area contributed by atoms with Gasteiger partial charge in [0.25, 0.3) is 0 Å². The number of hydrogen-bond donors (Lipinski definition) is 3. The van der Waals surface area contributed by atoms with E-state index in [0.29, 0.717) is 5.69 Å². The fourth-order valence-electron chi connectivity index (χ4n) is 3.02. The van der Waals surface area contributed by atoms with Crippen molar-refractivity contribution in [3.05, 3.63) is 75.8 Å². The smallest absolute Gasteiger partial charge is 0.329 e. The lowest BCUT2D eigenvalue weighted by Crippen LogP contribution is -2.25. The molecule has 1 aliphatic rings. The number of anilines is 1. The third-order valence-corrected chi connectivity index (χ3v) is 4.48. The Kier molecular flexibility index (Phi) is 4.41. The van der Waals surface area contributed by atoms with E-state index in [1.807, 2.05) is 43.3 Å². The van der Waals surface area contributed by atoms with Gasteiger partial charge in [-0.05, 0) is 31.2 Å². The van der Waals surface area contributed by atoms with Crippen LogP contribution in [0.4, 0.5) is 11.4 Å². The van der Waals surface area contributed by atoms with Gasteiger partial charge in [0.2, 0.25) is 11.8 Å². The predicted molar refractivity (Wildman–Crippen MR) is 109 cm³/mol. The normalized spacial score (nSPS) is 13.7. The van der Waals surface area contributed by atoms with Crippen molar-refractivity contribution in [2.24, 2.45) is 4.99 Å². The number of imidazole rings is 1. The first-order valence-corrected chi connectivity index (χ1v) is 8.75. The summed E-state index contributed by atoms with van der Waals surface area (Å²) in [5.41, 5.74) is 3.87. The molecule has 2 heterocycles. The van der Waals surface area contributed by atoms with Gasteiger partial charge in [-0.15, -0.1) is 0 Å². The summed E-state index contributed by atoms with van der Waals surface area (Å²) in [4.78, 5) is 31.4. The van der Waals surface area contributed by atoms with Crippen LogP contribution >= 0.6 is 0 Å². The number of carbonyl (C=O) groups is 1. The molecule has 1 aliphatic heterocycles. The van der Waals surface area contributed by atoms with Crippen molar-refractivity contribution in [3.63, 3.8) is 0 Å². The van der Waals surface area contributed by atoms with E-state index in [0.717, 1.165) is 27.0 Å². The number of H-pyrrole nitrogens is 1. The average Bonchev–Trinajstić information content (AvgIpc) is 3.20.